The van der Waals surface area contributed by atoms with Crippen molar-refractivity contribution in [3.8, 4) is 5.75 Å². The van der Waals surface area contributed by atoms with Gasteiger partial charge in [0.15, 0.2) is 5.17 Å². The summed E-state index contributed by atoms with van der Waals surface area (Å²) in [7, 11) is 0. The van der Waals surface area contributed by atoms with Gasteiger partial charge in [-0.15, -0.1) is 0 Å². The minimum Gasteiger partial charge on any atom is -0.494 e. The summed E-state index contributed by atoms with van der Waals surface area (Å²) in [5, 5.41) is 4.42. The van der Waals surface area contributed by atoms with E-state index in [1.54, 1.807) is 11.8 Å². The van der Waals surface area contributed by atoms with Crippen LogP contribution in [0.2, 0.25) is 0 Å². The highest BCUT2D eigenvalue weighted by atomic mass is 32.2. The van der Waals surface area contributed by atoms with Crippen molar-refractivity contribution in [1.29, 1.82) is 0 Å². The molecule has 104 valence electrons. The molecule has 1 heterocycles. The van der Waals surface area contributed by atoms with E-state index < -0.39 is 0 Å². The summed E-state index contributed by atoms with van der Waals surface area (Å²) in [6.07, 6.45) is 2.24. The van der Waals surface area contributed by atoms with Gasteiger partial charge in [-0.2, -0.15) is 0 Å². The third-order valence-corrected chi connectivity index (χ3v) is 4.30. The second-order valence-electron chi connectivity index (χ2n) is 4.95. The van der Waals surface area contributed by atoms with Gasteiger partial charge in [-0.25, -0.2) is 0 Å². The zero-order valence-electron chi connectivity index (χ0n) is 11.9. The number of benzene rings is 1. The number of anilines is 1. The van der Waals surface area contributed by atoms with Gasteiger partial charge in [0.1, 0.15) is 5.75 Å². The molecule has 19 heavy (non-hydrogen) atoms. The Bertz CT molecular complexity index is 444. The van der Waals surface area contributed by atoms with Crippen molar-refractivity contribution < 1.29 is 4.74 Å². The fraction of sp³-hybridized carbons (Fsp3) is 0.533. The molecule has 0 fully saturated rings. The van der Waals surface area contributed by atoms with Crippen LogP contribution >= 0.6 is 11.8 Å². The SMILES string of the molecule is CCOc1ccc(NC2=NC(C)(CC)CCS2)cc1. The van der Waals surface area contributed by atoms with E-state index in [2.05, 4.69) is 19.2 Å². The third kappa shape index (κ3) is 3.90. The van der Waals surface area contributed by atoms with Crippen LogP contribution < -0.4 is 10.1 Å². The Morgan fingerprint density at radius 1 is 1.32 bits per heavy atom. The van der Waals surface area contributed by atoms with Gasteiger partial charge >= 0.3 is 0 Å². The normalized spacial score (nSPS) is 22.8. The number of rotatable bonds is 4. The van der Waals surface area contributed by atoms with Crippen molar-refractivity contribution in [2.45, 2.75) is 39.2 Å². The number of hydrogen-bond donors (Lipinski definition) is 1. The molecule has 1 atom stereocenters. The van der Waals surface area contributed by atoms with Crippen LogP contribution in [0.1, 0.15) is 33.6 Å². The highest BCUT2D eigenvalue weighted by Crippen LogP contribution is 2.30. The lowest BCUT2D eigenvalue weighted by molar-refractivity contribution is 0.340. The number of nitrogens with one attached hydrogen (secondary N) is 1. The largest absolute Gasteiger partial charge is 0.494 e. The van der Waals surface area contributed by atoms with Crippen LogP contribution in [-0.4, -0.2) is 23.1 Å². The Balaban J connectivity index is 2.04. The Labute approximate surface area is 119 Å². The molecule has 1 N–H and O–H groups in total. The number of hydrogen-bond acceptors (Lipinski definition) is 4. The van der Waals surface area contributed by atoms with Gasteiger partial charge in [0.2, 0.25) is 0 Å². The van der Waals surface area contributed by atoms with Gasteiger partial charge in [0.25, 0.3) is 0 Å². The van der Waals surface area contributed by atoms with E-state index >= 15 is 0 Å². The molecule has 0 aliphatic carbocycles. The summed E-state index contributed by atoms with van der Waals surface area (Å²) < 4.78 is 5.44. The summed E-state index contributed by atoms with van der Waals surface area (Å²) in [4.78, 5) is 4.82. The molecular weight excluding hydrogens is 256 g/mol. The molecule has 0 amide bonds. The quantitative estimate of drug-likeness (QED) is 0.898. The minimum absolute atomic E-state index is 0.0961. The molecule has 0 radical (unpaired) electrons. The fourth-order valence-electron chi connectivity index (χ4n) is 1.95. The molecule has 1 aromatic rings. The lowest BCUT2D eigenvalue weighted by Gasteiger charge is -2.29. The molecule has 1 aromatic carbocycles. The molecule has 4 heteroatoms. The van der Waals surface area contributed by atoms with Crippen molar-refractivity contribution in [1.82, 2.24) is 0 Å². The smallest absolute Gasteiger partial charge is 0.161 e. The third-order valence-electron chi connectivity index (χ3n) is 3.43. The lowest BCUT2D eigenvalue weighted by atomic mass is 9.97. The molecule has 0 saturated carbocycles. The summed E-state index contributed by atoms with van der Waals surface area (Å²) in [6.45, 7) is 7.12. The van der Waals surface area contributed by atoms with Crippen molar-refractivity contribution >= 4 is 22.6 Å². The maximum atomic E-state index is 5.44. The Morgan fingerprint density at radius 3 is 2.68 bits per heavy atom. The van der Waals surface area contributed by atoms with Crippen LogP contribution in [-0.2, 0) is 0 Å². The highest BCUT2D eigenvalue weighted by molar-refractivity contribution is 8.14. The Morgan fingerprint density at radius 2 is 2.05 bits per heavy atom. The van der Waals surface area contributed by atoms with Gasteiger partial charge in [-0.05, 0) is 51.0 Å². The molecule has 1 aliphatic rings. The van der Waals surface area contributed by atoms with Crippen molar-refractivity contribution in [2.75, 3.05) is 17.7 Å². The second-order valence-corrected chi connectivity index (χ2v) is 6.03. The Hall–Kier alpha value is -1.16. The van der Waals surface area contributed by atoms with E-state index in [0.29, 0.717) is 6.61 Å². The van der Waals surface area contributed by atoms with Gasteiger partial charge in [0.05, 0.1) is 12.1 Å². The molecule has 0 saturated heterocycles. The molecule has 3 nitrogen and oxygen atoms in total. The first-order valence-corrected chi connectivity index (χ1v) is 7.86. The number of ether oxygens (including phenoxy) is 1. The van der Waals surface area contributed by atoms with Gasteiger partial charge in [-0.1, -0.05) is 18.7 Å². The first-order chi connectivity index (χ1) is 9.15. The summed E-state index contributed by atoms with van der Waals surface area (Å²) in [5.41, 5.74) is 1.16. The Kier molecular flexibility index (Phi) is 4.75. The first-order valence-electron chi connectivity index (χ1n) is 6.88. The van der Waals surface area contributed by atoms with Crippen LogP contribution in [0.5, 0.6) is 5.75 Å². The monoisotopic (exact) mass is 278 g/mol. The number of nitrogens with zero attached hydrogens (tertiary/aromatic N) is 1. The summed E-state index contributed by atoms with van der Waals surface area (Å²) in [6, 6.07) is 8.04. The molecular formula is C15H22N2OS. The summed E-state index contributed by atoms with van der Waals surface area (Å²) >= 11 is 1.80. The van der Waals surface area contributed by atoms with Crippen LogP contribution in [0.4, 0.5) is 5.69 Å². The van der Waals surface area contributed by atoms with Crippen LogP contribution in [0.3, 0.4) is 0 Å². The predicted molar refractivity (Wildman–Crippen MR) is 84.4 cm³/mol. The first kappa shape index (κ1) is 14.3. The second kappa shape index (κ2) is 6.33. The maximum absolute atomic E-state index is 5.44. The molecule has 0 spiro atoms. The van der Waals surface area contributed by atoms with E-state index in [1.807, 2.05) is 31.2 Å². The topological polar surface area (TPSA) is 33.6 Å². The van der Waals surface area contributed by atoms with Gasteiger partial charge < -0.3 is 10.1 Å². The minimum atomic E-state index is 0.0961. The molecule has 0 aromatic heterocycles. The van der Waals surface area contributed by atoms with E-state index in [1.165, 1.54) is 0 Å². The van der Waals surface area contributed by atoms with Crippen LogP contribution in [0, 0.1) is 0 Å². The van der Waals surface area contributed by atoms with Crippen LogP contribution in [0.25, 0.3) is 0 Å². The molecule has 1 unspecified atom stereocenters. The van der Waals surface area contributed by atoms with E-state index in [0.717, 1.165) is 35.2 Å². The average Bonchev–Trinajstić information content (AvgIpc) is 2.42. The molecule has 1 aliphatic heterocycles. The average molecular weight is 278 g/mol. The highest BCUT2D eigenvalue weighted by Gasteiger charge is 2.25. The zero-order chi connectivity index (χ0) is 13.7. The molecule has 2 rings (SSSR count). The van der Waals surface area contributed by atoms with Crippen LogP contribution in [0.15, 0.2) is 29.3 Å². The van der Waals surface area contributed by atoms with E-state index in [9.17, 15) is 0 Å². The number of thioether (sulfide) groups is 1. The van der Waals surface area contributed by atoms with Gasteiger partial charge in [0, 0.05) is 11.4 Å². The zero-order valence-corrected chi connectivity index (χ0v) is 12.7. The number of amidine groups is 1. The fourth-order valence-corrected chi connectivity index (χ4v) is 3.16. The lowest BCUT2D eigenvalue weighted by Crippen LogP contribution is -2.29. The van der Waals surface area contributed by atoms with E-state index in [4.69, 9.17) is 9.73 Å². The van der Waals surface area contributed by atoms with Gasteiger partial charge in [-0.3, -0.25) is 4.99 Å². The van der Waals surface area contributed by atoms with Crippen molar-refractivity contribution in [2.24, 2.45) is 4.99 Å². The summed E-state index contributed by atoms with van der Waals surface area (Å²) in [5.74, 6) is 2.04. The standard InChI is InChI=1S/C15H22N2OS/c1-4-15(3)10-11-19-14(17-15)16-12-6-8-13(9-7-12)18-5-2/h6-9H,4-5,10-11H2,1-3H3,(H,16,17). The van der Waals surface area contributed by atoms with Crippen molar-refractivity contribution in [3.05, 3.63) is 24.3 Å². The number of aliphatic imine (C=N–C) groups is 1. The maximum Gasteiger partial charge on any atom is 0.161 e. The van der Waals surface area contributed by atoms with E-state index in [-0.39, 0.29) is 5.54 Å². The van der Waals surface area contributed by atoms with Crippen molar-refractivity contribution in [3.63, 3.8) is 0 Å². The predicted octanol–water partition coefficient (Wildman–Crippen LogP) is 4.16. The molecule has 0 bridgehead atoms.